The molecule has 20 heavy (non-hydrogen) atoms. The summed E-state index contributed by atoms with van der Waals surface area (Å²) in [5, 5.41) is 18.0. The second-order valence-electron chi connectivity index (χ2n) is 4.09. The largest absolute Gasteiger partial charge is 0.480 e. The van der Waals surface area contributed by atoms with Crippen LogP contribution in [0.15, 0.2) is 42.7 Å². The lowest BCUT2D eigenvalue weighted by Crippen LogP contribution is -2.21. The number of nitrogens with zero attached hydrogens (tertiary/aromatic N) is 2. The molecule has 0 aliphatic carbocycles. The molecule has 0 atom stereocenters. The molecule has 7 nitrogen and oxygen atoms in total. The molecule has 0 saturated heterocycles. The van der Waals surface area contributed by atoms with Gasteiger partial charge in [-0.05, 0) is 12.1 Å². The Labute approximate surface area is 115 Å². The first-order valence-electron chi connectivity index (χ1n) is 5.96. The maximum Gasteiger partial charge on any atom is 0.325 e. The van der Waals surface area contributed by atoms with Gasteiger partial charge in [0.1, 0.15) is 6.54 Å². The summed E-state index contributed by atoms with van der Waals surface area (Å²) in [5.41, 5.74) is 1.32. The van der Waals surface area contributed by atoms with Crippen LogP contribution in [0.25, 0.3) is 0 Å². The van der Waals surface area contributed by atoms with Crippen LogP contribution < -0.4 is 10.6 Å². The van der Waals surface area contributed by atoms with Crippen molar-refractivity contribution in [2.24, 2.45) is 0 Å². The molecule has 0 radical (unpaired) electrons. The Morgan fingerprint density at radius 1 is 1.20 bits per heavy atom. The third-order valence-electron chi connectivity index (χ3n) is 2.44. The number of nitrogens with one attached hydrogen (secondary N) is 2. The van der Waals surface area contributed by atoms with Crippen LogP contribution >= 0.6 is 0 Å². The van der Waals surface area contributed by atoms with Gasteiger partial charge in [0, 0.05) is 11.9 Å². The minimum Gasteiger partial charge on any atom is -0.480 e. The number of carboxylic acid groups (broad SMARTS) is 1. The van der Waals surface area contributed by atoms with Crippen LogP contribution in [-0.4, -0.2) is 33.3 Å². The number of benzene rings is 1. The van der Waals surface area contributed by atoms with Crippen molar-refractivity contribution in [1.82, 2.24) is 9.78 Å². The summed E-state index contributed by atoms with van der Waals surface area (Å²) in [5.74, 6) is -1.22. The Morgan fingerprint density at radius 2 is 1.95 bits per heavy atom. The third kappa shape index (κ3) is 4.13. The quantitative estimate of drug-likeness (QED) is 0.730. The van der Waals surface area contributed by atoms with Gasteiger partial charge in [-0.25, -0.2) is 0 Å². The van der Waals surface area contributed by atoms with Crippen molar-refractivity contribution in [2.45, 2.75) is 6.54 Å². The van der Waals surface area contributed by atoms with Crippen molar-refractivity contribution in [3.05, 3.63) is 42.7 Å². The number of para-hydroxylation sites is 1. The van der Waals surface area contributed by atoms with E-state index in [1.165, 1.54) is 17.1 Å². The van der Waals surface area contributed by atoms with Crippen molar-refractivity contribution < 1.29 is 14.7 Å². The molecule has 0 spiro atoms. The Morgan fingerprint density at radius 3 is 2.65 bits per heavy atom. The Kier molecular flexibility index (Phi) is 4.33. The Bertz CT molecular complexity index is 595. The van der Waals surface area contributed by atoms with Crippen molar-refractivity contribution in [3.63, 3.8) is 0 Å². The molecule has 1 aromatic heterocycles. The zero-order valence-electron chi connectivity index (χ0n) is 10.6. The number of carbonyl (C=O) groups excluding carboxylic acids is 1. The number of hydrogen-bond acceptors (Lipinski definition) is 4. The van der Waals surface area contributed by atoms with Gasteiger partial charge >= 0.3 is 5.97 Å². The van der Waals surface area contributed by atoms with Gasteiger partial charge in [0.2, 0.25) is 5.91 Å². The van der Waals surface area contributed by atoms with Gasteiger partial charge in [-0.1, -0.05) is 18.2 Å². The lowest BCUT2D eigenvalue weighted by molar-refractivity contribution is -0.137. The van der Waals surface area contributed by atoms with E-state index >= 15 is 0 Å². The van der Waals surface area contributed by atoms with E-state index in [1.807, 2.05) is 30.3 Å². The molecule has 0 fully saturated rings. The number of carboxylic acids is 1. The predicted molar refractivity (Wildman–Crippen MR) is 73.4 cm³/mol. The average molecular weight is 274 g/mol. The van der Waals surface area contributed by atoms with Crippen molar-refractivity contribution in [1.29, 1.82) is 0 Å². The van der Waals surface area contributed by atoms with Gasteiger partial charge in [0.25, 0.3) is 0 Å². The van der Waals surface area contributed by atoms with Crippen molar-refractivity contribution in [3.8, 4) is 0 Å². The van der Waals surface area contributed by atoms with Crippen LogP contribution in [0.4, 0.5) is 11.4 Å². The molecule has 3 N–H and O–H groups in total. The molecular formula is C13H14N4O3. The van der Waals surface area contributed by atoms with Crippen LogP contribution in [0.5, 0.6) is 0 Å². The van der Waals surface area contributed by atoms with E-state index in [2.05, 4.69) is 15.7 Å². The van der Waals surface area contributed by atoms with Gasteiger partial charge in [-0.2, -0.15) is 5.10 Å². The second-order valence-corrected chi connectivity index (χ2v) is 4.09. The summed E-state index contributed by atoms with van der Waals surface area (Å²) in [7, 11) is 0. The van der Waals surface area contributed by atoms with E-state index in [-0.39, 0.29) is 19.0 Å². The smallest absolute Gasteiger partial charge is 0.325 e. The number of anilines is 2. The molecule has 1 aromatic carbocycles. The van der Waals surface area contributed by atoms with E-state index in [0.717, 1.165) is 5.69 Å². The maximum atomic E-state index is 11.7. The summed E-state index contributed by atoms with van der Waals surface area (Å²) in [6.45, 7) is -0.119. The van der Waals surface area contributed by atoms with Crippen LogP contribution in [0, 0.1) is 0 Å². The number of rotatable bonds is 6. The van der Waals surface area contributed by atoms with Gasteiger partial charge in [0.15, 0.2) is 0 Å². The van der Waals surface area contributed by atoms with Crippen LogP contribution in [0.3, 0.4) is 0 Å². The predicted octanol–water partition coefficient (Wildman–Crippen LogP) is 1.02. The fraction of sp³-hybridized carbons (Fsp3) is 0.154. The molecule has 0 saturated carbocycles. The first-order chi connectivity index (χ1) is 9.63. The highest BCUT2D eigenvalue weighted by Gasteiger charge is 2.06. The van der Waals surface area contributed by atoms with E-state index in [1.54, 1.807) is 0 Å². The topological polar surface area (TPSA) is 96.2 Å². The summed E-state index contributed by atoms with van der Waals surface area (Å²) >= 11 is 0. The Balaban J connectivity index is 1.82. The van der Waals surface area contributed by atoms with E-state index in [0.29, 0.717) is 5.69 Å². The fourth-order valence-electron chi connectivity index (χ4n) is 1.60. The highest BCUT2D eigenvalue weighted by molar-refractivity contribution is 5.93. The highest BCUT2D eigenvalue weighted by atomic mass is 16.4. The molecule has 0 bridgehead atoms. The molecule has 104 valence electrons. The maximum absolute atomic E-state index is 11.7. The van der Waals surface area contributed by atoms with Crippen LogP contribution in [-0.2, 0) is 16.1 Å². The van der Waals surface area contributed by atoms with E-state index in [4.69, 9.17) is 5.11 Å². The molecule has 1 amide bonds. The van der Waals surface area contributed by atoms with Gasteiger partial charge < -0.3 is 15.7 Å². The zero-order chi connectivity index (χ0) is 14.4. The molecule has 1 heterocycles. The minimum absolute atomic E-state index is 0.119. The zero-order valence-corrected chi connectivity index (χ0v) is 10.6. The SMILES string of the molecule is O=C(O)Cn1cc(NC(=O)CNc2ccccc2)cn1. The summed E-state index contributed by atoms with van der Waals surface area (Å²) in [6.07, 6.45) is 2.87. The van der Waals surface area contributed by atoms with Crippen molar-refractivity contribution in [2.75, 3.05) is 17.2 Å². The lowest BCUT2D eigenvalue weighted by Gasteiger charge is -2.05. The molecule has 7 heteroatoms. The number of aromatic nitrogens is 2. The molecule has 2 rings (SSSR count). The van der Waals surface area contributed by atoms with Gasteiger partial charge in [-0.15, -0.1) is 0 Å². The molecule has 0 aliphatic heterocycles. The minimum atomic E-state index is -0.989. The molecule has 0 aliphatic rings. The van der Waals surface area contributed by atoms with Crippen molar-refractivity contribution >= 4 is 23.3 Å². The van der Waals surface area contributed by atoms with E-state index < -0.39 is 5.97 Å². The standard InChI is InChI=1S/C13H14N4O3/c18-12(7-14-10-4-2-1-3-5-10)16-11-6-15-17(8-11)9-13(19)20/h1-6,8,14H,7,9H2,(H,16,18)(H,19,20). The number of hydrogen-bond donors (Lipinski definition) is 3. The molecule has 0 unspecified atom stereocenters. The Hall–Kier alpha value is -2.83. The lowest BCUT2D eigenvalue weighted by atomic mass is 10.3. The monoisotopic (exact) mass is 274 g/mol. The second kappa shape index (κ2) is 6.37. The fourth-order valence-corrected chi connectivity index (χ4v) is 1.60. The van der Waals surface area contributed by atoms with E-state index in [9.17, 15) is 9.59 Å². The number of carbonyl (C=O) groups is 2. The van der Waals surface area contributed by atoms with Crippen LogP contribution in [0.1, 0.15) is 0 Å². The first-order valence-corrected chi connectivity index (χ1v) is 5.96. The van der Waals surface area contributed by atoms with Gasteiger partial charge in [-0.3, -0.25) is 14.3 Å². The summed E-state index contributed by atoms with van der Waals surface area (Å²) in [6, 6.07) is 9.35. The normalized spacial score (nSPS) is 10.0. The number of aliphatic carboxylic acids is 1. The average Bonchev–Trinajstić information content (AvgIpc) is 2.84. The number of amides is 1. The van der Waals surface area contributed by atoms with Crippen LogP contribution in [0.2, 0.25) is 0 Å². The summed E-state index contributed by atoms with van der Waals surface area (Å²) in [4.78, 5) is 22.2. The molecule has 2 aromatic rings. The van der Waals surface area contributed by atoms with Gasteiger partial charge in [0.05, 0.1) is 18.4 Å². The highest BCUT2D eigenvalue weighted by Crippen LogP contribution is 2.06. The molecular weight excluding hydrogens is 260 g/mol. The summed E-state index contributed by atoms with van der Waals surface area (Å²) < 4.78 is 1.24. The first kappa shape index (κ1) is 13.6. The third-order valence-corrected chi connectivity index (χ3v) is 2.44.